The Kier molecular flexibility index (Phi) is 11.5. The summed E-state index contributed by atoms with van der Waals surface area (Å²) in [7, 11) is 3.61. The Morgan fingerprint density at radius 2 is 1.68 bits per heavy atom. The molecule has 50 heavy (non-hydrogen) atoms. The molecule has 5 aromatic rings. The number of aryl methyl sites for hydroxylation is 3. The largest absolute Gasteiger partial charge is 0.493 e. The molecule has 3 aromatic carbocycles. The fourth-order valence-electron chi connectivity index (χ4n) is 6.69. The second-order valence-corrected chi connectivity index (χ2v) is 13.5. The topological polar surface area (TPSA) is 108 Å². The molecule has 0 radical (unpaired) electrons. The minimum atomic E-state index is -0.606. The molecule has 0 saturated carbocycles. The van der Waals surface area contributed by atoms with Crippen LogP contribution in [0.1, 0.15) is 74.9 Å². The van der Waals surface area contributed by atoms with Gasteiger partial charge < -0.3 is 28.8 Å². The molecule has 10 heteroatoms. The third-order valence-corrected chi connectivity index (χ3v) is 8.81. The zero-order valence-electron chi connectivity index (χ0n) is 30.4. The maximum absolute atomic E-state index is 13.9. The molecule has 10 nitrogen and oxygen atoms in total. The number of hydrogen-bond acceptors (Lipinski definition) is 7. The Morgan fingerprint density at radius 1 is 0.960 bits per heavy atom. The number of amides is 1. The van der Waals surface area contributed by atoms with E-state index in [0.29, 0.717) is 56.8 Å². The summed E-state index contributed by atoms with van der Waals surface area (Å²) in [4.78, 5) is 28.2. The number of aliphatic hydroxyl groups is 1. The van der Waals surface area contributed by atoms with Gasteiger partial charge in [0.05, 0.1) is 31.0 Å². The molecule has 0 bridgehead atoms. The van der Waals surface area contributed by atoms with Gasteiger partial charge in [-0.15, -0.1) is 0 Å². The summed E-state index contributed by atoms with van der Waals surface area (Å²) in [6.07, 6.45) is 2.10. The number of carbonyl (C=O) groups excluding carboxylic acids is 2. The van der Waals surface area contributed by atoms with Crippen LogP contribution in [0, 0.1) is 0 Å². The highest BCUT2D eigenvalue weighted by molar-refractivity contribution is 6.05. The molecule has 0 aliphatic carbocycles. The Bertz CT molecular complexity index is 1960. The predicted octanol–water partition coefficient (Wildman–Crippen LogP) is 7.70. The summed E-state index contributed by atoms with van der Waals surface area (Å²) in [5, 5.41) is 18.1. The van der Waals surface area contributed by atoms with Gasteiger partial charge in [-0.05, 0) is 70.4 Å². The van der Waals surface area contributed by atoms with Crippen LogP contribution in [-0.2, 0) is 42.5 Å². The molecule has 2 heterocycles. The van der Waals surface area contributed by atoms with Crippen LogP contribution < -0.4 is 4.74 Å². The van der Waals surface area contributed by atoms with Crippen LogP contribution in [-0.4, -0.2) is 68.8 Å². The van der Waals surface area contributed by atoms with Crippen molar-refractivity contribution in [2.45, 2.75) is 79.1 Å². The summed E-state index contributed by atoms with van der Waals surface area (Å²) < 4.78 is 21.4. The highest BCUT2D eigenvalue weighted by Crippen LogP contribution is 2.39. The molecule has 0 spiro atoms. The number of carbonyl (C=O) groups is 2. The van der Waals surface area contributed by atoms with Gasteiger partial charge in [0.25, 0.3) is 0 Å². The molecule has 0 fully saturated rings. The Morgan fingerprint density at radius 3 is 2.40 bits per heavy atom. The van der Waals surface area contributed by atoms with Gasteiger partial charge in [0.15, 0.2) is 0 Å². The van der Waals surface area contributed by atoms with Crippen molar-refractivity contribution in [2.75, 3.05) is 26.8 Å². The minimum absolute atomic E-state index is 0.218. The van der Waals surface area contributed by atoms with Crippen molar-refractivity contribution < 1.29 is 28.9 Å². The standard InChI is InChI=1S/C40H50N4O6/c1-8-33-35(32(26-45)41-43(33)7)31-20-13-19-29-30(21-14-25-49-34-22-12-17-27-16-10-11-18-28(27)34)37(38(46)48-9-2)44(36(29)31)24-15-23-42(6)39(47)50-40(3,4)5/h10-13,16-20,22,45H,8-9,14-15,21,23-26H2,1-7H3. The number of aromatic nitrogens is 3. The van der Waals surface area contributed by atoms with Crippen LogP contribution in [0.4, 0.5) is 4.79 Å². The van der Waals surface area contributed by atoms with E-state index in [1.165, 1.54) is 0 Å². The van der Waals surface area contributed by atoms with Crippen LogP contribution in [0.2, 0.25) is 0 Å². The minimum Gasteiger partial charge on any atom is -0.493 e. The van der Waals surface area contributed by atoms with E-state index in [0.717, 1.165) is 49.8 Å². The lowest BCUT2D eigenvalue weighted by Gasteiger charge is -2.24. The van der Waals surface area contributed by atoms with E-state index in [1.807, 2.05) is 79.5 Å². The Hall–Kier alpha value is -4.83. The van der Waals surface area contributed by atoms with E-state index in [-0.39, 0.29) is 13.2 Å². The van der Waals surface area contributed by atoms with E-state index in [2.05, 4.69) is 30.2 Å². The molecule has 5 rings (SSSR count). The molecule has 0 aliphatic heterocycles. The lowest BCUT2D eigenvalue weighted by molar-refractivity contribution is 0.0294. The Balaban J connectivity index is 1.56. The average Bonchev–Trinajstić information content (AvgIpc) is 3.59. The number of ether oxygens (including phenoxy) is 3. The smallest absolute Gasteiger partial charge is 0.410 e. The lowest BCUT2D eigenvalue weighted by atomic mass is 9.97. The molecular formula is C40H50N4O6. The van der Waals surface area contributed by atoms with E-state index in [9.17, 15) is 14.7 Å². The number of nitrogens with zero attached hydrogens (tertiary/aromatic N) is 4. The van der Waals surface area contributed by atoms with Crippen LogP contribution in [0.25, 0.3) is 32.8 Å². The first-order chi connectivity index (χ1) is 24.0. The van der Waals surface area contributed by atoms with Crippen LogP contribution in [0.15, 0.2) is 60.7 Å². The number of hydrogen-bond donors (Lipinski definition) is 1. The summed E-state index contributed by atoms with van der Waals surface area (Å²) in [6, 6.07) is 20.3. The molecule has 0 unspecified atom stereocenters. The van der Waals surface area contributed by atoms with Gasteiger partial charge in [-0.3, -0.25) is 4.68 Å². The summed E-state index contributed by atoms with van der Waals surface area (Å²) in [5.74, 6) is 0.428. The maximum Gasteiger partial charge on any atom is 0.410 e. The van der Waals surface area contributed by atoms with Gasteiger partial charge in [-0.25, -0.2) is 9.59 Å². The van der Waals surface area contributed by atoms with Gasteiger partial charge in [0.1, 0.15) is 17.0 Å². The summed E-state index contributed by atoms with van der Waals surface area (Å²) in [6.45, 7) is 10.7. The van der Waals surface area contributed by atoms with E-state index in [4.69, 9.17) is 14.2 Å². The van der Waals surface area contributed by atoms with Crippen LogP contribution >= 0.6 is 0 Å². The monoisotopic (exact) mass is 682 g/mol. The number of fused-ring (bicyclic) bond motifs is 2. The van der Waals surface area contributed by atoms with Crippen molar-refractivity contribution >= 4 is 33.7 Å². The normalized spacial score (nSPS) is 11.7. The van der Waals surface area contributed by atoms with Crippen LogP contribution in [0.3, 0.4) is 0 Å². The first kappa shape index (κ1) is 36.5. The first-order valence-corrected chi connectivity index (χ1v) is 17.5. The maximum atomic E-state index is 13.9. The van der Waals surface area contributed by atoms with Gasteiger partial charge in [-0.2, -0.15) is 5.10 Å². The zero-order valence-corrected chi connectivity index (χ0v) is 30.4. The fraction of sp³-hybridized carbons (Fsp3) is 0.425. The number of benzene rings is 3. The predicted molar refractivity (Wildman–Crippen MR) is 197 cm³/mol. The van der Waals surface area contributed by atoms with Crippen molar-refractivity contribution in [3.8, 4) is 16.9 Å². The third-order valence-electron chi connectivity index (χ3n) is 8.81. The lowest BCUT2D eigenvalue weighted by Crippen LogP contribution is -2.35. The quantitative estimate of drug-likeness (QED) is 0.0945. The molecule has 0 aliphatic rings. The molecule has 1 N–H and O–H groups in total. The zero-order chi connectivity index (χ0) is 36.0. The van der Waals surface area contributed by atoms with Crippen molar-refractivity contribution in [3.05, 3.63) is 83.3 Å². The van der Waals surface area contributed by atoms with Gasteiger partial charge in [0.2, 0.25) is 0 Å². The molecule has 0 saturated heterocycles. The highest BCUT2D eigenvalue weighted by atomic mass is 16.6. The number of rotatable bonds is 14. The SMILES string of the molecule is CCOC(=O)c1c(CCCOc2cccc3ccccc23)c2cccc(-c3c(CO)nn(C)c3CC)c2n1CCCN(C)C(=O)OC(C)(C)C. The first-order valence-electron chi connectivity index (χ1n) is 17.5. The number of aliphatic hydroxyl groups excluding tert-OH is 1. The second-order valence-electron chi connectivity index (χ2n) is 13.5. The van der Waals surface area contributed by atoms with Gasteiger partial charge >= 0.3 is 12.1 Å². The number of para-hydroxylation sites is 1. The van der Waals surface area contributed by atoms with E-state index >= 15 is 0 Å². The third kappa shape index (κ3) is 7.81. The molecule has 0 atom stereocenters. The summed E-state index contributed by atoms with van der Waals surface area (Å²) >= 11 is 0. The Labute approximate surface area is 294 Å². The van der Waals surface area contributed by atoms with Crippen LogP contribution in [0.5, 0.6) is 5.75 Å². The molecule has 1 amide bonds. The van der Waals surface area contributed by atoms with Crippen molar-refractivity contribution in [2.24, 2.45) is 7.05 Å². The molecular weight excluding hydrogens is 632 g/mol. The van der Waals surface area contributed by atoms with Gasteiger partial charge in [-0.1, -0.05) is 61.5 Å². The molecule has 266 valence electrons. The van der Waals surface area contributed by atoms with E-state index < -0.39 is 17.7 Å². The summed E-state index contributed by atoms with van der Waals surface area (Å²) in [5.41, 5.74) is 4.97. The average molecular weight is 683 g/mol. The van der Waals surface area contributed by atoms with Crippen molar-refractivity contribution in [1.29, 1.82) is 0 Å². The molecule has 2 aromatic heterocycles. The van der Waals surface area contributed by atoms with E-state index in [1.54, 1.807) is 18.9 Å². The van der Waals surface area contributed by atoms with Gasteiger partial charge in [0, 0.05) is 54.8 Å². The second kappa shape index (κ2) is 15.8. The van der Waals surface area contributed by atoms with Crippen molar-refractivity contribution in [3.63, 3.8) is 0 Å². The van der Waals surface area contributed by atoms with Crippen molar-refractivity contribution in [1.82, 2.24) is 19.2 Å². The highest BCUT2D eigenvalue weighted by Gasteiger charge is 2.28. The number of esters is 1. The fourth-order valence-corrected chi connectivity index (χ4v) is 6.69.